The molecule has 0 aliphatic carbocycles. The maximum Gasteiger partial charge on any atom is 0.325 e. The highest BCUT2D eigenvalue weighted by Gasteiger charge is 2.04. The van der Waals surface area contributed by atoms with Gasteiger partial charge in [-0.15, -0.1) is 0 Å². The molecule has 0 rings (SSSR count). The minimum absolute atomic E-state index is 0.0679. The van der Waals surface area contributed by atoms with Gasteiger partial charge in [-0.3, -0.25) is 9.79 Å². The van der Waals surface area contributed by atoms with Gasteiger partial charge >= 0.3 is 5.97 Å². The summed E-state index contributed by atoms with van der Waals surface area (Å²) in [6.45, 7) is 7.74. The van der Waals surface area contributed by atoms with Gasteiger partial charge in [-0.25, -0.2) is 4.99 Å². The zero-order valence-electron chi connectivity index (χ0n) is 8.91. The average Bonchev–Trinajstić information content (AvgIpc) is 2.16. The van der Waals surface area contributed by atoms with Crippen LogP contribution in [0.1, 0.15) is 13.8 Å². The van der Waals surface area contributed by atoms with Gasteiger partial charge in [0.15, 0.2) is 0 Å². The lowest BCUT2D eigenvalue weighted by atomic mass is 10.2. The fourth-order valence-electron chi connectivity index (χ4n) is 0.668. The molecule has 5 nitrogen and oxygen atoms in total. The molecule has 0 saturated carbocycles. The number of ether oxygens (including phenoxy) is 1. The predicted octanol–water partition coefficient (Wildman–Crippen LogP) is 0.462. The topological polar surface area (TPSA) is 63.0 Å². The second-order valence-electron chi connectivity index (χ2n) is 3.14. The van der Waals surface area contributed by atoms with Gasteiger partial charge in [-0.05, 0) is 12.6 Å². The molecule has 0 unspecified atom stereocenters. The highest BCUT2D eigenvalue weighted by atomic mass is 16.5. The lowest BCUT2D eigenvalue weighted by Crippen LogP contribution is -2.30. The second-order valence-corrected chi connectivity index (χ2v) is 3.14. The van der Waals surface area contributed by atoms with Crippen molar-refractivity contribution in [3.8, 4) is 0 Å². The quantitative estimate of drug-likeness (QED) is 0.406. The first kappa shape index (κ1) is 12.6. The zero-order chi connectivity index (χ0) is 11.0. The highest BCUT2D eigenvalue weighted by molar-refractivity contribution is 5.87. The highest BCUT2D eigenvalue weighted by Crippen LogP contribution is 1.92. The number of nitrogens with one attached hydrogen (secondary N) is 1. The van der Waals surface area contributed by atoms with Gasteiger partial charge in [0, 0.05) is 7.05 Å². The van der Waals surface area contributed by atoms with Crippen molar-refractivity contribution in [1.82, 2.24) is 5.32 Å². The molecule has 14 heavy (non-hydrogen) atoms. The van der Waals surface area contributed by atoms with Crippen molar-refractivity contribution in [2.24, 2.45) is 15.9 Å². The SMILES string of the molecule is C=N/C(=N\C)NCC(=O)OCC(C)C. The Morgan fingerprint density at radius 2 is 2.21 bits per heavy atom. The molecule has 0 saturated heterocycles. The Hall–Kier alpha value is -1.39. The fraction of sp³-hybridized carbons (Fsp3) is 0.667. The van der Waals surface area contributed by atoms with E-state index in [1.807, 2.05) is 13.8 Å². The number of carbonyl (C=O) groups is 1. The average molecular weight is 199 g/mol. The molecule has 0 amide bonds. The molecular formula is C9H17N3O2. The van der Waals surface area contributed by atoms with Crippen LogP contribution in [-0.2, 0) is 9.53 Å². The molecule has 0 heterocycles. The van der Waals surface area contributed by atoms with Crippen LogP contribution in [0.2, 0.25) is 0 Å². The van der Waals surface area contributed by atoms with E-state index in [0.29, 0.717) is 18.5 Å². The van der Waals surface area contributed by atoms with E-state index in [9.17, 15) is 4.79 Å². The van der Waals surface area contributed by atoms with E-state index >= 15 is 0 Å². The number of esters is 1. The van der Waals surface area contributed by atoms with Crippen molar-refractivity contribution in [2.45, 2.75) is 13.8 Å². The lowest BCUT2D eigenvalue weighted by molar-refractivity contribution is -0.143. The summed E-state index contributed by atoms with van der Waals surface area (Å²) < 4.78 is 4.92. The summed E-state index contributed by atoms with van der Waals surface area (Å²) in [5, 5.41) is 2.69. The molecule has 0 aromatic heterocycles. The van der Waals surface area contributed by atoms with Crippen LogP contribution < -0.4 is 5.32 Å². The van der Waals surface area contributed by atoms with Crippen LogP contribution in [0.4, 0.5) is 0 Å². The number of aliphatic imine (C=N–C) groups is 2. The van der Waals surface area contributed by atoms with Gasteiger partial charge < -0.3 is 10.1 Å². The van der Waals surface area contributed by atoms with E-state index in [0.717, 1.165) is 0 Å². The summed E-state index contributed by atoms with van der Waals surface area (Å²) in [6.07, 6.45) is 0. The minimum Gasteiger partial charge on any atom is -0.464 e. The molecule has 0 atom stereocenters. The van der Waals surface area contributed by atoms with Gasteiger partial charge in [0.1, 0.15) is 6.54 Å². The van der Waals surface area contributed by atoms with Gasteiger partial charge in [-0.1, -0.05) is 13.8 Å². The molecule has 80 valence electrons. The summed E-state index contributed by atoms with van der Waals surface area (Å²) in [5.41, 5.74) is 0. The van der Waals surface area contributed by atoms with Crippen molar-refractivity contribution in [3.05, 3.63) is 0 Å². The first-order valence-corrected chi connectivity index (χ1v) is 4.43. The number of hydrogen-bond acceptors (Lipinski definition) is 3. The maximum atomic E-state index is 11.1. The third kappa shape index (κ3) is 6.16. The fourth-order valence-corrected chi connectivity index (χ4v) is 0.668. The van der Waals surface area contributed by atoms with Gasteiger partial charge in [-0.2, -0.15) is 0 Å². The molecule has 0 aromatic carbocycles. The van der Waals surface area contributed by atoms with Crippen molar-refractivity contribution < 1.29 is 9.53 Å². The molecule has 1 N–H and O–H groups in total. The van der Waals surface area contributed by atoms with E-state index in [4.69, 9.17) is 4.74 Å². The molecule has 0 aliphatic rings. The van der Waals surface area contributed by atoms with Gasteiger partial charge in [0.2, 0.25) is 5.96 Å². The van der Waals surface area contributed by atoms with Crippen molar-refractivity contribution in [3.63, 3.8) is 0 Å². The normalized spacial score (nSPS) is 11.3. The van der Waals surface area contributed by atoms with E-state index in [-0.39, 0.29) is 12.5 Å². The Bertz CT molecular complexity index is 224. The van der Waals surface area contributed by atoms with Crippen LogP contribution in [0, 0.1) is 5.92 Å². The molecule has 0 fully saturated rings. The van der Waals surface area contributed by atoms with Crippen LogP contribution in [0.3, 0.4) is 0 Å². The lowest BCUT2D eigenvalue weighted by Gasteiger charge is -2.07. The third-order valence-electron chi connectivity index (χ3n) is 1.33. The molecule has 5 heteroatoms. The first-order valence-electron chi connectivity index (χ1n) is 4.43. The number of nitrogens with zero attached hydrogens (tertiary/aromatic N) is 2. The largest absolute Gasteiger partial charge is 0.464 e. The number of hydrogen-bond donors (Lipinski definition) is 1. The summed E-state index contributed by atoms with van der Waals surface area (Å²) >= 11 is 0. The smallest absolute Gasteiger partial charge is 0.325 e. The molecule has 0 spiro atoms. The molecule has 0 aliphatic heterocycles. The van der Waals surface area contributed by atoms with E-state index in [1.165, 1.54) is 0 Å². The van der Waals surface area contributed by atoms with Gasteiger partial charge in [0.25, 0.3) is 0 Å². The summed E-state index contributed by atoms with van der Waals surface area (Å²) in [7, 11) is 1.57. The Morgan fingerprint density at radius 3 is 2.64 bits per heavy atom. The van der Waals surface area contributed by atoms with Crippen LogP contribution in [0.25, 0.3) is 0 Å². The summed E-state index contributed by atoms with van der Waals surface area (Å²) in [5.74, 6) is 0.366. The Morgan fingerprint density at radius 1 is 1.57 bits per heavy atom. The Kier molecular flexibility index (Phi) is 6.36. The van der Waals surface area contributed by atoms with Crippen LogP contribution >= 0.6 is 0 Å². The third-order valence-corrected chi connectivity index (χ3v) is 1.33. The van der Waals surface area contributed by atoms with E-state index in [2.05, 4.69) is 22.0 Å². The second kappa shape index (κ2) is 7.06. The molecule has 0 bridgehead atoms. The van der Waals surface area contributed by atoms with Crippen LogP contribution in [-0.4, -0.2) is 38.8 Å². The van der Waals surface area contributed by atoms with E-state index < -0.39 is 0 Å². The Labute approximate surface area is 84.3 Å². The Balaban J connectivity index is 3.68. The molecular weight excluding hydrogens is 182 g/mol. The predicted molar refractivity (Wildman–Crippen MR) is 56.7 cm³/mol. The molecule has 0 radical (unpaired) electrons. The van der Waals surface area contributed by atoms with Crippen LogP contribution in [0.15, 0.2) is 9.98 Å². The number of carbonyl (C=O) groups excluding carboxylic acids is 1. The number of guanidine groups is 1. The monoisotopic (exact) mass is 199 g/mol. The van der Waals surface area contributed by atoms with Crippen molar-refractivity contribution in [2.75, 3.05) is 20.2 Å². The summed E-state index contributed by atoms with van der Waals surface area (Å²) in [6, 6.07) is 0. The minimum atomic E-state index is -0.316. The first-order chi connectivity index (χ1) is 6.60. The maximum absolute atomic E-state index is 11.1. The molecule has 0 aromatic rings. The van der Waals surface area contributed by atoms with Gasteiger partial charge in [0.05, 0.1) is 6.61 Å². The van der Waals surface area contributed by atoms with Crippen molar-refractivity contribution in [1.29, 1.82) is 0 Å². The standard InChI is InChI=1S/C9H17N3O2/c1-7(2)6-14-8(13)5-12-9(10-3)11-4/h7H,3,5-6H2,1-2,4H3,(H,11,12). The number of rotatable bonds is 4. The van der Waals surface area contributed by atoms with Crippen molar-refractivity contribution >= 4 is 18.6 Å². The van der Waals surface area contributed by atoms with E-state index in [1.54, 1.807) is 7.05 Å². The summed E-state index contributed by atoms with van der Waals surface area (Å²) in [4.78, 5) is 18.4. The van der Waals surface area contributed by atoms with Crippen LogP contribution in [0.5, 0.6) is 0 Å². The zero-order valence-corrected chi connectivity index (χ0v) is 8.91.